The number of aliphatic carboxylic acids is 1. The second kappa shape index (κ2) is 13.2. The maximum Gasteiger partial charge on any atom is 0.416 e. The van der Waals surface area contributed by atoms with Crippen molar-refractivity contribution in [3.8, 4) is 5.75 Å². The Morgan fingerprint density at radius 2 is 1.61 bits per heavy atom. The van der Waals surface area contributed by atoms with Crippen LogP contribution in [0.2, 0.25) is 0 Å². The summed E-state index contributed by atoms with van der Waals surface area (Å²) in [5.41, 5.74) is 11.7. The number of amides is 1. The molecule has 11 heteroatoms. The molecule has 1 amide bonds. The molecule has 1 unspecified atom stereocenters. The maximum atomic E-state index is 12.3. The van der Waals surface area contributed by atoms with Gasteiger partial charge in [-0.15, -0.1) is 0 Å². The van der Waals surface area contributed by atoms with Gasteiger partial charge in [-0.25, -0.2) is 0 Å². The van der Waals surface area contributed by atoms with Crippen molar-refractivity contribution in [3.05, 3.63) is 65.2 Å². The number of nitrogens with two attached hydrogens (primary N) is 2. The molecule has 0 saturated carbocycles. The highest BCUT2D eigenvalue weighted by atomic mass is 19.4. The smallest absolute Gasteiger partial charge is 0.416 e. The number of piperidine rings is 1. The Bertz CT molecular complexity index is 993. The van der Waals surface area contributed by atoms with Crippen LogP contribution in [0.4, 0.5) is 13.2 Å². The Morgan fingerprint density at radius 3 is 2.14 bits per heavy atom. The number of carboxylic acids is 1. The zero-order chi connectivity index (χ0) is 26.9. The largest absolute Gasteiger partial charge is 0.497 e. The zero-order valence-corrected chi connectivity index (χ0v) is 19.9. The molecule has 1 saturated heterocycles. The fraction of sp³-hybridized carbons (Fsp3) is 0.440. The predicted molar refractivity (Wildman–Crippen MR) is 127 cm³/mol. The molecule has 6 N–H and O–H groups in total. The molecule has 1 fully saturated rings. The number of methoxy groups -OCH3 is 1. The number of ether oxygens (including phenoxy) is 1. The van der Waals surface area contributed by atoms with Crippen LogP contribution in [0.1, 0.15) is 29.5 Å². The average molecular weight is 512 g/mol. The number of likely N-dealkylation sites (tertiary alicyclic amines) is 1. The van der Waals surface area contributed by atoms with Crippen LogP contribution in [0.5, 0.6) is 5.75 Å². The Kier molecular flexibility index (Phi) is 10.7. The molecule has 36 heavy (non-hydrogen) atoms. The first-order chi connectivity index (χ1) is 16.9. The second-order valence-corrected chi connectivity index (χ2v) is 8.56. The monoisotopic (exact) mass is 511 g/mol. The molecule has 1 aliphatic rings. The zero-order valence-electron chi connectivity index (χ0n) is 19.9. The van der Waals surface area contributed by atoms with Crippen LogP contribution in [0, 0.1) is 0 Å². The highest BCUT2D eigenvalue weighted by Gasteiger charge is 2.30. The fourth-order valence-corrected chi connectivity index (χ4v) is 3.64. The standard InChI is InChI=1S/C15H22N2O3.C10H10F3NO2/c1-20-13-4-2-11(3-5-13)10-14(16)15(19)17-8-6-12(18)7-9-17;11-10(12,13)7-3-1-2-6(4-7)5-8(14)9(15)16/h2-5,12,14,18H,6-10,16H2,1H3;1-4,8H,5,14H2,(H,15,16)/t14-;/m0./s1. The van der Waals surface area contributed by atoms with Gasteiger partial charge in [-0.05, 0) is 55.0 Å². The Balaban J connectivity index is 0.000000261. The molecule has 1 heterocycles. The summed E-state index contributed by atoms with van der Waals surface area (Å²) in [4.78, 5) is 24.4. The normalized spacial score (nSPS) is 15.9. The topological polar surface area (TPSA) is 139 Å². The SMILES string of the molecule is COc1ccc(C[C@H](N)C(=O)N2CCC(O)CC2)cc1.NC(Cc1cccc(C(F)(F)F)c1)C(=O)O. The minimum atomic E-state index is -4.43. The maximum absolute atomic E-state index is 12.3. The second-order valence-electron chi connectivity index (χ2n) is 8.56. The van der Waals surface area contributed by atoms with Gasteiger partial charge in [-0.2, -0.15) is 13.2 Å². The lowest BCUT2D eigenvalue weighted by atomic mass is 10.0. The lowest BCUT2D eigenvalue weighted by Crippen LogP contribution is -2.48. The quantitative estimate of drug-likeness (QED) is 0.447. The van der Waals surface area contributed by atoms with Crippen LogP contribution in [-0.4, -0.2) is 65.4 Å². The van der Waals surface area contributed by atoms with Crippen LogP contribution < -0.4 is 16.2 Å². The molecular formula is C25H32F3N3O5. The molecule has 2 aromatic rings. The van der Waals surface area contributed by atoms with E-state index in [0.29, 0.717) is 32.4 Å². The third kappa shape index (κ3) is 9.14. The molecule has 1 aliphatic heterocycles. The van der Waals surface area contributed by atoms with E-state index in [2.05, 4.69) is 0 Å². The van der Waals surface area contributed by atoms with Crippen molar-refractivity contribution in [1.29, 1.82) is 0 Å². The number of carbonyl (C=O) groups is 2. The van der Waals surface area contributed by atoms with Gasteiger partial charge in [0.25, 0.3) is 0 Å². The summed E-state index contributed by atoms with van der Waals surface area (Å²) >= 11 is 0. The number of nitrogens with zero attached hydrogens (tertiary/aromatic N) is 1. The van der Waals surface area contributed by atoms with Gasteiger partial charge in [0, 0.05) is 13.1 Å². The van der Waals surface area contributed by atoms with Crippen molar-refractivity contribution in [1.82, 2.24) is 4.90 Å². The average Bonchev–Trinajstić information content (AvgIpc) is 2.84. The molecule has 198 valence electrons. The van der Waals surface area contributed by atoms with E-state index in [9.17, 15) is 27.9 Å². The first-order valence-corrected chi connectivity index (χ1v) is 11.4. The number of hydrogen-bond acceptors (Lipinski definition) is 6. The number of aliphatic hydroxyl groups excluding tert-OH is 1. The van der Waals surface area contributed by atoms with E-state index < -0.39 is 29.8 Å². The predicted octanol–water partition coefficient (Wildman–Crippen LogP) is 2.21. The Morgan fingerprint density at radius 1 is 1.03 bits per heavy atom. The van der Waals surface area contributed by atoms with Crippen molar-refractivity contribution >= 4 is 11.9 Å². The molecule has 0 bridgehead atoms. The summed E-state index contributed by atoms with van der Waals surface area (Å²) in [7, 11) is 1.62. The van der Waals surface area contributed by atoms with Crippen LogP contribution >= 0.6 is 0 Å². The van der Waals surface area contributed by atoms with Crippen molar-refractivity contribution < 1.29 is 37.7 Å². The molecule has 2 aromatic carbocycles. The van der Waals surface area contributed by atoms with E-state index >= 15 is 0 Å². The number of hydrogen-bond donors (Lipinski definition) is 4. The minimum Gasteiger partial charge on any atom is -0.497 e. The van der Waals surface area contributed by atoms with E-state index in [1.54, 1.807) is 12.0 Å². The Labute approximate surface area is 207 Å². The minimum absolute atomic E-state index is 0.0345. The highest BCUT2D eigenvalue weighted by molar-refractivity contribution is 5.82. The number of alkyl halides is 3. The molecule has 0 aromatic heterocycles. The van der Waals surface area contributed by atoms with Gasteiger partial charge in [-0.1, -0.05) is 30.3 Å². The Hall–Kier alpha value is -3.15. The molecular weight excluding hydrogens is 479 g/mol. The highest BCUT2D eigenvalue weighted by Crippen LogP contribution is 2.29. The summed E-state index contributed by atoms with van der Waals surface area (Å²) in [6.45, 7) is 1.19. The number of carboxylic acid groups (broad SMARTS) is 1. The summed E-state index contributed by atoms with van der Waals surface area (Å²) in [6.07, 6.45) is -3.04. The van der Waals surface area contributed by atoms with Crippen LogP contribution in [0.25, 0.3) is 0 Å². The van der Waals surface area contributed by atoms with Crippen LogP contribution in [0.15, 0.2) is 48.5 Å². The van der Waals surface area contributed by atoms with E-state index in [0.717, 1.165) is 23.4 Å². The fourth-order valence-electron chi connectivity index (χ4n) is 3.64. The van der Waals surface area contributed by atoms with Gasteiger partial charge < -0.3 is 31.3 Å². The summed E-state index contributed by atoms with van der Waals surface area (Å²) in [6, 6.07) is 10.3. The van der Waals surface area contributed by atoms with Crippen LogP contribution in [0.3, 0.4) is 0 Å². The van der Waals surface area contributed by atoms with Crippen LogP contribution in [-0.2, 0) is 28.6 Å². The summed E-state index contributed by atoms with van der Waals surface area (Å²) in [5.74, 6) is -0.483. The molecule has 3 rings (SSSR count). The van der Waals surface area contributed by atoms with Crippen molar-refractivity contribution in [2.45, 2.75) is 50.0 Å². The van der Waals surface area contributed by atoms with E-state index in [1.165, 1.54) is 12.1 Å². The molecule has 8 nitrogen and oxygen atoms in total. The van der Waals surface area contributed by atoms with Gasteiger partial charge in [0.15, 0.2) is 0 Å². The number of carbonyl (C=O) groups excluding carboxylic acids is 1. The third-order valence-corrected chi connectivity index (χ3v) is 5.74. The van der Waals surface area contributed by atoms with Crippen molar-refractivity contribution in [2.75, 3.05) is 20.2 Å². The molecule has 0 spiro atoms. The molecule has 2 atom stereocenters. The number of rotatable bonds is 7. The van der Waals surface area contributed by atoms with E-state index in [-0.39, 0.29) is 24.0 Å². The third-order valence-electron chi connectivity index (χ3n) is 5.74. The lowest BCUT2D eigenvalue weighted by Gasteiger charge is -2.31. The van der Waals surface area contributed by atoms with E-state index in [1.807, 2.05) is 24.3 Å². The molecule has 0 aliphatic carbocycles. The summed E-state index contributed by atoms with van der Waals surface area (Å²) < 4.78 is 42.0. The van der Waals surface area contributed by atoms with Crippen molar-refractivity contribution in [3.63, 3.8) is 0 Å². The number of benzene rings is 2. The molecule has 0 radical (unpaired) electrons. The summed E-state index contributed by atoms with van der Waals surface area (Å²) in [5, 5.41) is 18.0. The first kappa shape index (κ1) is 29.1. The number of halogens is 3. The lowest BCUT2D eigenvalue weighted by molar-refractivity contribution is -0.138. The first-order valence-electron chi connectivity index (χ1n) is 11.4. The van der Waals surface area contributed by atoms with Gasteiger partial charge in [0.05, 0.1) is 24.8 Å². The van der Waals surface area contributed by atoms with Gasteiger partial charge in [-0.3, -0.25) is 9.59 Å². The number of aliphatic hydroxyl groups is 1. The van der Waals surface area contributed by atoms with Gasteiger partial charge in [0.2, 0.25) is 5.91 Å². The van der Waals surface area contributed by atoms with Gasteiger partial charge in [0.1, 0.15) is 11.8 Å². The van der Waals surface area contributed by atoms with E-state index in [4.69, 9.17) is 21.3 Å². The van der Waals surface area contributed by atoms with Gasteiger partial charge >= 0.3 is 12.1 Å². The van der Waals surface area contributed by atoms with Crippen molar-refractivity contribution in [2.24, 2.45) is 11.5 Å².